The van der Waals surface area contributed by atoms with Crippen LogP contribution in [-0.4, -0.2) is 20.7 Å². The van der Waals surface area contributed by atoms with E-state index in [1.165, 1.54) is 17.7 Å². The third-order valence-corrected chi connectivity index (χ3v) is 3.80. The average Bonchev–Trinajstić information content (AvgIpc) is 3.03. The highest BCUT2D eigenvalue weighted by atomic mass is 32.1. The highest BCUT2D eigenvalue weighted by Gasteiger charge is 2.20. The van der Waals surface area contributed by atoms with Crippen LogP contribution in [0.3, 0.4) is 0 Å². The molecule has 1 amide bonds. The highest BCUT2D eigenvalue weighted by molar-refractivity contribution is 7.12. The molecular weight excluding hydrogens is 262 g/mol. The highest BCUT2D eigenvalue weighted by Crippen LogP contribution is 2.21. The summed E-state index contributed by atoms with van der Waals surface area (Å²) in [6, 6.07) is 1.58. The molecule has 0 saturated heterocycles. The van der Waals surface area contributed by atoms with E-state index in [9.17, 15) is 4.79 Å². The van der Waals surface area contributed by atoms with E-state index in [0.717, 1.165) is 18.8 Å². The van der Waals surface area contributed by atoms with Crippen LogP contribution in [0.5, 0.6) is 0 Å². The van der Waals surface area contributed by atoms with Gasteiger partial charge in [-0.15, -0.1) is 11.3 Å². The lowest BCUT2D eigenvalue weighted by molar-refractivity contribution is 0.0937. The van der Waals surface area contributed by atoms with Gasteiger partial charge in [0.15, 0.2) is 0 Å². The van der Waals surface area contributed by atoms with Gasteiger partial charge in [-0.2, -0.15) is 5.10 Å². The van der Waals surface area contributed by atoms with E-state index < -0.39 is 0 Å². The molecule has 0 fully saturated rings. The zero-order valence-electron chi connectivity index (χ0n) is 11.0. The number of thiophene rings is 1. The average molecular weight is 279 g/mol. The van der Waals surface area contributed by atoms with Gasteiger partial charge in [-0.3, -0.25) is 4.79 Å². The van der Waals surface area contributed by atoms with E-state index >= 15 is 0 Å². The van der Waals surface area contributed by atoms with E-state index in [1.54, 1.807) is 16.1 Å². The number of aromatic nitrogens is 3. The fourth-order valence-corrected chi connectivity index (χ4v) is 2.58. The van der Waals surface area contributed by atoms with Crippen molar-refractivity contribution in [3.63, 3.8) is 0 Å². The summed E-state index contributed by atoms with van der Waals surface area (Å²) in [6.07, 6.45) is 2.25. The summed E-state index contributed by atoms with van der Waals surface area (Å²) in [5, 5.41) is 8.88. The molecule has 19 heavy (non-hydrogen) atoms. The van der Waals surface area contributed by atoms with Crippen molar-refractivity contribution in [2.24, 2.45) is 0 Å². The first-order valence-corrected chi connectivity index (χ1v) is 7.06. The van der Waals surface area contributed by atoms with Crippen molar-refractivity contribution in [2.75, 3.05) is 5.73 Å². The second-order valence-electron chi connectivity index (χ2n) is 4.07. The predicted octanol–water partition coefficient (Wildman–Crippen LogP) is 1.82. The number of carbonyl (C=O) groups is 1. The summed E-state index contributed by atoms with van der Waals surface area (Å²) in [7, 11) is 0. The fraction of sp³-hybridized carbons (Fsp3) is 0.417. The van der Waals surface area contributed by atoms with Crippen molar-refractivity contribution in [3.05, 3.63) is 28.5 Å². The third-order valence-electron chi connectivity index (χ3n) is 2.87. The van der Waals surface area contributed by atoms with E-state index in [2.05, 4.69) is 15.4 Å². The lowest BCUT2D eigenvalue weighted by Crippen LogP contribution is -2.30. The molecule has 3 N–H and O–H groups in total. The van der Waals surface area contributed by atoms with Gasteiger partial charge in [-0.25, -0.2) is 9.67 Å². The molecule has 0 bridgehead atoms. The van der Waals surface area contributed by atoms with Gasteiger partial charge >= 0.3 is 0 Å². The number of hydrogen-bond acceptors (Lipinski definition) is 5. The van der Waals surface area contributed by atoms with E-state index in [0.29, 0.717) is 10.6 Å². The monoisotopic (exact) mass is 279 g/mol. The molecule has 2 rings (SSSR count). The minimum atomic E-state index is -0.162. The van der Waals surface area contributed by atoms with Crippen molar-refractivity contribution in [3.8, 4) is 0 Å². The maximum atomic E-state index is 12.2. The van der Waals surface area contributed by atoms with Crippen molar-refractivity contribution >= 4 is 22.9 Å². The molecule has 7 heteroatoms. The topological polar surface area (TPSA) is 85.8 Å². The fourth-order valence-electron chi connectivity index (χ4n) is 1.86. The normalized spacial score (nSPS) is 12.3. The van der Waals surface area contributed by atoms with Gasteiger partial charge in [0.1, 0.15) is 17.0 Å². The molecule has 102 valence electrons. The molecule has 0 aliphatic rings. The van der Waals surface area contributed by atoms with Crippen LogP contribution in [0, 0.1) is 0 Å². The number of carbonyl (C=O) groups excluding carboxylic acids is 1. The molecule has 0 saturated carbocycles. The summed E-state index contributed by atoms with van der Waals surface area (Å²) < 4.78 is 1.78. The molecular formula is C12H17N5OS. The Morgan fingerprint density at radius 1 is 1.58 bits per heavy atom. The van der Waals surface area contributed by atoms with Gasteiger partial charge in [-0.05, 0) is 24.8 Å². The van der Waals surface area contributed by atoms with Crippen LogP contribution >= 0.6 is 11.3 Å². The third kappa shape index (κ3) is 2.76. The Kier molecular flexibility index (Phi) is 4.16. The number of nitrogens with zero attached hydrogens (tertiary/aromatic N) is 3. The summed E-state index contributed by atoms with van der Waals surface area (Å²) in [5.74, 6) is 0.610. The van der Waals surface area contributed by atoms with Gasteiger partial charge in [0.05, 0.1) is 11.7 Å². The first-order valence-electron chi connectivity index (χ1n) is 6.18. The molecule has 2 aromatic rings. The first kappa shape index (κ1) is 13.5. The lowest BCUT2D eigenvalue weighted by atomic mass is 10.2. The zero-order chi connectivity index (χ0) is 13.8. The van der Waals surface area contributed by atoms with Crippen LogP contribution < -0.4 is 11.1 Å². The minimum absolute atomic E-state index is 0.156. The van der Waals surface area contributed by atoms with Gasteiger partial charge < -0.3 is 11.1 Å². The van der Waals surface area contributed by atoms with Gasteiger partial charge in [-0.1, -0.05) is 6.92 Å². The molecule has 2 aromatic heterocycles. The maximum Gasteiger partial charge on any atom is 0.264 e. The summed E-state index contributed by atoms with van der Waals surface area (Å²) in [4.78, 5) is 16.9. The lowest BCUT2D eigenvalue weighted by Gasteiger charge is -2.16. The number of anilines is 1. The number of nitrogen functional groups attached to an aromatic ring is 1. The van der Waals surface area contributed by atoms with Crippen molar-refractivity contribution in [2.45, 2.75) is 32.9 Å². The van der Waals surface area contributed by atoms with Gasteiger partial charge in [0, 0.05) is 6.54 Å². The molecule has 0 radical (unpaired) electrons. The molecule has 1 atom stereocenters. The Bertz CT molecular complexity index is 562. The van der Waals surface area contributed by atoms with Gasteiger partial charge in [0.25, 0.3) is 5.91 Å². The number of rotatable bonds is 5. The molecule has 2 heterocycles. The second kappa shape index (κ2) is 5.83. The SMILES string of the molecule is CCC(NC(=O)c1sccc1N)c1ncnn1CC. The summed E-state index contributed by atoms with van der Waals surface area (Å²) in [5.41, 5.74) is 6.26. The number of aryl methyl sites for hydroxylation is 1. The van der Waals surface area contributed by atoms with Gasteiger partial charge in [0.2, 0.25) is 0 Å². The van der Waals surface area contributed by atoms with Crippen LogP contribution in [0.15, 0.2) is 17.8 Å². The second-order valence-corrected chi connectivity index (χ2v) is 4.99. The quantitative estimate of drug-likeness (QED) is 0.874. The van der Waals surface area contributed by atoms with Crippen molar-refractivity contribution in [1.29, 1.82) is 0 Å². The standard InChI is InChI=1S/C12H17N5OS/c1-3-9(11-14-7-15-17(11)4-2)16-12(18)10-8(13)5-6-19-10/h5-7,9H,3-4,13H2,1-2H3,(H,16,18). The van der Waals surface area contributed by atoms with Crippen LogP contribution in [0.25, 0.3) is 0 Å². The number of nitrogens with two attached hydrogens (primary N) is 1. The smallest absolute Gasteiger partial charge is 0.264 e. The Morgan fingerprint density at radius 3 is 2.95 bits per heavy atom. The molecule has 0 aromatic carbocycles. The van der Waals surface area contributed by atoms with E-state index in [-0.39, 0.29) is 11.9 Å². The molecule has 0 aliphatic heterocycles. The van der Waals surface area contributed by atoms with Crippen LogP contribution in [-0.2, 0) is 6.54 Å². The largest absolute Gasteiger partial charge is 0.397 e. The van der Waals surface area contributed by atoms with Crippen molar-refractivity contribution < 1.29 is 4.79 Å². The summed E-state index contributed by atoms with van der Waals surface area (Å²) in [6.45, 7) is 4.71. The number of nitrogens with one attached hydrogen (secondary N) is 1. The zero-order valence-corrected chi connectivity index (χ0v) is 11.8. The molecule has 6 nitrogen and oxygen atoms in total. The minimum Gasteiger partial charge on any atom is -0.397 e. The Morgan fingerprint density at radius 2 is 2.37 bits per heavy atom. The molecule has 1 unspecified atom stereocenters. The Labute approximate surface area is 115 Å². The van der Waals surface area contributed by atoms with Crippen LogP contribution in [0.2, 0.25) is 0 Å². The molecule has 0 spiro atoms. The van der Waals surface area contributed by atoms with E-state index in [1.807, 2.05) is 13.8 Å². The number of hydrogen-bond donors (Lipinski definition) is 2. The molecule has 0 aliphatic carbocycles. The van der Waals surface area contributed by atoms with E-state index in [4.69, 9.17) is 5.73 Å². The van der Waals surface area contributed by atoms with Crippen LogP contribution in [0.1, 0.15) is 41.8 Å². The first-order chi connectivity index (χ1) is 9.17. The predicted molar refractivity (Wildman–Crippen MR) is 74.9 cm³/mol. The number of amides is 1. The Balaban J connectivity index is 2.16. The van der Waals surface area contributed by atoms with Crippen molar-refractivity contribution in [1.82, 2.24) is 20.1 Å². The maximum absolute atomic E-state index is 12.2. The summed E-state index contributed by atoms with van der Waals surface area (Å²) >= 11 is 1.34. The van der Waals surface area contributed by atoms with Crippen LogP contribution in [0.4, 0.5) is 5.69 Å². The Hall–Kier alpha value is -1.89.